The molecule has 104 valence electrons. The van der Waals surface area contributed by atoms with Gasteiger partial charge in [-0.05, 0) is 34.1 Å². The van der Waals surface area contributed by atoms with Crippen molar-refractivity contribution in [2.24, 2.45) is 0 Å². The molecule has 0 saturated carbocycles. The summed E-state index contributed by atoms with van der Waals surface area (Å²) < 4.78 is 0.636. The van der Waals surface area contributed by atoms with Crippen LogP contribution >= 0.6 is 50.7 Å². The molecular formula is C12H7BrCl3N3O. The molecule has 1 amide bonds. The van der Waals surface area contributed by atoms with Crippen LogP contribution < -0.4 is 11.1 Å². The zero-order valence-corrected chi connectivity index (χ0v) is 13.6. The molecule has 1 aromatic carbocycles. The molecule has 2 aromatic rings. The lowest BCUT2D eigenvalue weighted by molar-refractivity contribution is 0.102. The van der Waals surface area contributed by atoms with Crippen molar-refractivity contribution in [3.63, 3.8) is 0 Å². The zero-order chi connectivity index (χ0) is 14.9. The van der Waals surface area contributed by atoms with Crippen molar-refractivity contribution >= 4 is 68.1 Å². The summed E-state index contributed by atoms with van der Waals surface area (Å²) >= 11 is 20.9. The van der Waals surface area contributed by atoms with E-state index in [4.69, 9.17) is 40.5 Å². The number of nitrogens with one attached hydrogen (secondary N) is 1. The first-order chi connectivity index (χ1) is 9.38. The lowest BCUT2D eigenvalue weighted by Crippen LogP contribution is -2.15. The molecule has 0 aliphatic heterocycles. The predicted molar refractivity (Wildman–Crippen MR) is 85.8 cm³/mol. The summed E-state index contributed by atoms with van der Waals surface area (Å²) in [5.74, 6) is -0.335. The third kappa shape index (κ3) is 3.35. The Labute approximate surface area is 138 Å². The van der Waals surface area contributed by atoms with E-state index >= 15 is 0 Å². The van der Waals surface area contributed by atoms with Gasteiger partial charge in [0, 0.05) is 10.7 Å². The molecule has 3 N–H and O–H groups in total. The van der Waals surface area contributed by atoms with Gasteiger partial charge in [0.1, 0.15) is 5.82 Å². The van der Waals surface area contributed by atoms with Crippen LogP contribution in [0.3, 0.4) is 0 Å². The molecule has 0 radical (unpaired) electrons. The van der Waals surface area contributed by atoms with Crippen molar-refractivity contribution in [2.45, 2.75) is 0 Å². The molecule has 0 aliphatic rings. The maximum atomic E-state index is 12.1. The number of hydrogen-bond acceptors (Lipinski definition) is 3. The number of hydrogen-bond donors (Lipinski definition) is 2. The van der Waals surface area contributed by atoms with E-state index in [1.165, 1.54) is 18.3 Å². The van der Waals surface area contributed by atoms with Crippen molar-refractivity contribution in [1.82, 2.24) is 4.98 Å². The molecular weight excluding hydrogens is 388 g/mol. The fraction of sp³-hybridized carbons (Fsp3) is 0. The molecule has 20 heavy (non-hydrogen) atoms. The number of carbonyl (C=O) groups excluding carboxylic acids is 1. The molecule has 0 bridgehead atoms. The summed E-state index contributed by atoms with van der Waals surface area (Å²) in [7, 11) is 0. The predicted octanol–water partition coefficient (Wildman–Crippen LogP) is 4.64. The Kier molecular flexibility index (Phi) is 4.75. The van der Waals surface area contributed by atoms with E-state index in [9.17, 15) is 4.79 Å². The molecule has 0 atom stereocenters. The Morgan fingerprint density at radius 3 is 2.50 bits per heavy atom. The average molecular weight is 395 g/mol. The van der Waals surface area contributed by atoms with E-state index in [-0.39, 0.29) is 21.4 Å². The van der Waals surface area contributed by atoms with Crippen LogP contribution in [0.5, 0.6) is 0 Å². The van der Waals surface area contributed by atoms with Crippen molar-refractivity contribution in [1.29, 1.82) is 0 Å². The van der Waals surface area contributed by atoms with E-state index in [0.29, 0.717) is 15.2 Å². The molecule has 0 unspecified atom stereocenters. The maximum absolute atomic E-state index is 12.1. The van der Waals surface area contributed by atoms with Crippen molar-refractivity contribution in [3.8, 4) is 0 Å². The monoisotopic (exact) mass is 393 g/mol. The molecule has 0 spiro atoms. The molecule has 8 heteroatoms. The Morgan fingerprint density at radius 1 is 1.15 bits per heavy atom. The molecule has 4 nitrogen and oxygen atoms in total. The summed E-state index contributed by atoms with van der Waals surface area (Å²) in [5, 5.41) is 3.47. The number of nitrogen functional groups attached to an aromatic ring is 1. The number of pyridine rings is 1. The zero-order valence-electron chi connectivity index (χ0n) is 9.75. The Morgan fingerprint density at radius 2 is 1.80 bits per heavy atom. The summed E-state index contributed by atoms with van der Waals surface area (Å²) in [6.45, 7) is 0. The maximum Gasteiger partial charge on any atom is 0.259 e. The summed E-state index contributed by atoms with van der Waals surface area (Å²) in [6.07, 6.45) is 1.50. The average Bonchev–Trinajstić information content (AvgIpc) is 2.38. The first-order valence-electron chi connectivity index (χ1n) is 5.25. The van der Waals surface area contributed by atoms with E-state index in [2.05, 4.69) is 26.2 Å². The highest BCUT2D eigenvalue weighted by Gasteiger charge is 2.14. The molecule has 0 aliphatic carbocycles. The largest absolute Gasteiger partial charge is 0.383 e. The van der Waals surface area contributed by atoms with Gasteiger partial charge >= 0.3 is 0 Å². The second-order valence-corrected chi connectivity index (χ2v) is 5.92. The molecule has 0 fully saturated rings. The normalized spacial score (nSPS) is 10.4. The topological polar surface area (TPSA) is 68.0 Å². The van der Waals surface area contributed by atoms with Gasteiger partial charge in [-0.2, -0.15) is 0 Å². The van der Waals surface area contributed by atoms with Crippen LogP contribution in [0.2, 0.25) is 15.1 Å². The van der Waals surface area contributed by atoms with Crippen molar-refractivity contribution in [3.05, 3.63) is 49.5 Å². The van der Waals surface area contributed by atoms with Gasteiger partial charge in [0.15, 0.2) is 0 Å². The molecule has 2 rings (SSSR count). The molecule has 1 aromatic heterocycles. The van der Waals surface area contributed by atoms with Gasteiger partial charge in [0.2, 0.25) is 0 Å². The second-order valence-electron chi connectivity index (χ2n) is 3.79. The molecule has 0 saturated heterocycles. The van der Waals surface area contributed by atoms with Crippen LogP contribution in [0.1, 0.15) is 10.4 Å². The van der Waals surface area contributed by atoms with Gasteiger partial charge < -0.3 is 11.1 Å². The number of carbonyl (C=O) groups is 1. The number of nitrogens with zero attached hydrogens (tertiary/aromatic N) is 1. The fourth-order valence-corrected chi connectivity index (χ4v) is 2.37. The van der Waals surface area contributed by atoms with Gasteiger partial charge in [0.25, 0.3) is 5.91 Å². The van der Waals surface area contributed by atoms with E-state index < -0.39 is 5.91 Å². The Bertz CT molecular complexity index is 694. The van der Waals surface area contributed by atoms with Gasteiger partial charge in [0.05, 0.1) is 26.3 Å². The fourth-order valence-electron chi connectivity index (χ4n) is 1.44. The lowest BCUT2D eigenvalue weighted by Gasteiger charge is -2.10. The lowest BCUT2D eigenvalue weighted by atomic mass is 10.2. The smallest absolute Gasteiger partial charge is 0.259 e. The van der Waals surface area contributed by atoms with E-state index in [0.717, 1.165) is 0 Å². The number of anilines is 2. The third-order valence-corrected chi connectivity index (χ3v) is 3.86. The van der Waals surface area contributed by atoms with Crippen LogP contribution in [0.15, 0.2) is 28.9 Å². The summed E-state index contributed by atoms with van der Waals surface area (Å²) in [6, 6.07) is 4.47. The second kappa shape index (κ2) is 6.18. The first kappa shape index (κ1) is 15.4. The van der Waals surface area contributed by atoms with Crippen LogP contribution in [0.4, 0.5) is 11.5 Å². The first-order valence-corrected chi connectivity index (χ1v) is 7.18. The van der Waals surface area contributed by atoms with E-state index in [1.54, 1.807) is 6.07 Å². The van der Waals surface area contributed by atoms with Crippen molar-refractivity contribution in [2.75, 3.05) is 11.1 Å². The number of benzene rings is 1. The van der Waals surface area contributed by atoms with E-state index in [1.807, 2.05) is 0 Å². The highest BCUT2D eigenvalue weighted by Crippen LogP contribution is 2.32. The SMILES string of the molecule is Nc1ncc(Br)cc1C(=O)Nc1cc(Cl)c(Cl)cc1Cl. The van der Waals surface area contributed by atoms with Gasteiger partial charge in [-0.3, -0.25) is 4.79 Å². The van der Waals surface area contributed by atoms with Gasteiger partial charge in [-0.1, -0.05) is 34.8 Å². The third-order valence-electron chi connectivity index (χ3n) is 2.39. The highest BCUT2D eigenvalue weighted by molar-refractivity contribution is 9.10. The Balaban J connectivity index is 2.32. The van der Waals surface area contributed by atoms with Crippen LogP contribution in [0, 0.1) is 0 Å². The Hall–Kier alpha value is -1.01. The van der Waals surface area contributed by atoms with Crippen LogP contribution in [-0.2, 0) is 0 Å². The number of rotatable bonds is 2. The number of nitrogens with two attached hydrogens (primary N) is 1. The van der Waals surface area contributed by atoms with Gasteiger partial charge in [-0.25, -0.2) is 4.98 Å². The highest BCUT2D eigenvalue weighted by atomic mass is 79.9. The minimum Gasteiger partial charge on any atom is -0.383 e. The van der Waals surface area contributed by atoms with Crippen LogP contribution in [0.25, 0.3) is 0 Å². The quantitative estimate of drug-likeness (QED) is 0.728. The number of halogens is 4. The standard InChI is InChI=1S/C12H7BrCl3N3O/c13-5-1-6(11(17)18-4-5)12(20)19-10-3-8(15)7(14)2-9(10)16/h1-4H,(H2,17,18)(H,19,20). The van der Waals surface area contributed by atoms with Crippen molar-refractivity contribution < 1.29 is 4.79 Å². The number of aromatic nitrogens is 1. The minimum atomic E-state index is -0.448. The number of amides is 1. The molecule has 1 heterocycles. The summed E-state index contributed by atoms with van der Waals surface area (Å²) in [4.78, 5) is 16.0. The minimum absolute atomic E-state index is 0.113. The summed E-state index contributed by atoms with van der Waals surface area (Å²) in [5.41, 5.74) is 6.23. The van der Waals surface area contributed by atoms with Gasteiger partial charge in [-0.15, -0.1) is 0 Å². The van der Waals surface area contributed by atoms with Crippen LogP contribution in [-0.4, -0.2) is 10.9 Å².